The number of rotatable bonds is 8. The largest absolute Gasteiger partial charge is 0.479 e. The Hall–Kier alpha value is -1.42. The third-order valence-electron chi connectivity index (χ3n) is 5.61. The summed E-state index contributed by atoms with van der Waals surface area (Å²) in [6, 6.07) is -1.25. The first-order chi connectivity index (χ1) is 15.4. The van der Waals surface area contributed by atoms with Crippen LogP contribution >= 0.6 is 0 Å². The number of carbonyl (C=O) groups excluding carboxylic acids is 1. The molecule has 0 aromatic carbocycles. The molecule has 198 valence electrons. The van der Waals surface area contributed by atoms with Gasteiger partial charge in [0, 0.05) is 12.5 Å². The normalized spacial score (nSPS) is 39.5. The number of aliphatic hydroxyl groups excluding tert-OH is 4. The van der Waals surface area contributed by atoms with Crippen LogP contribution < -0.4 is 11.1 Å². The average molecular weight is 495 g/mol. The number of nitrogens with two attached hydrogens (primary N) is 1. The summed E-state index contributed by atoms with van der Waals surface area (Å²) in [5, 5.41) is 53.6. The highest BCUT2D eigenvalue weighted by molar-refractivity contribution is 5.73. The molecule has 10 unspecified atom stereocenters. The zero-order valence-corrected chi connectivity index (χ0v) is 20.2. The molecule has 2 heterocycles. The molecule has 0 aliphatic carbocycles. The molecule has 0 bridgehead atoms. The lowest BCUT2D eigenvalue weighted by Crippen LogP contribution is -2.67. The summed E-state index contributed by atoms with van der Waals surface area (Å²) in [5.74, 6) is -2.07. The van der Waals surface area contributed by atoms with Gasteiger partial charge in [-0.1, -0.05) is 0 Å². The van der Waals surface area contributed by atoms with E-state index in [1.807, 2.05) is 0 Å². The maximum absolute atomic E-state index is 11.7. The van der Waals surface area contributed by atoms with Crippen LogP contribution in [-0.4, -0.2) is 110 Å². The SMILES string of the molecule is CC(=O)NC1C(OC2C(OC(C)(C)CC(C)(C)N)OC(C(=O)O)C(O)C2O)OC(C)C(O)C1O. The fourth-order valence-electron chi connectivity index (χ4n) is 4.42. The lowest BCUT2D eigenvalue weighted by Gasteiger charge is -2.48. The van der Waals surface area contributed by atoms with Gasteiger partial charge in [-0.15, -0.1) is 0 Å². The third-order valence-corrected chi connectivity index (χ3v) is 5.61. The number of aliphatic hydroxyl groups is 4. The lowest BCUT2D eigenvalue weighted by atomic mass is 9.90. The summed E-state index contributed by atoms with van der Waals surface area (Å²) in [6.07, 6.45) is -13.3. The average Bonchev–Trinajstić information content (AvgIpc) is 2.66. The van der Waals surface area contributed by atoms with Gasteiger partial charge in [-0.2, -0.15) is 0 Å². The van der Waals surface area contributed by atoms with Gasteiger partial charge in [0.05, 0.1) is 11.7 Å². The minimum atomic E-state index is -1.88. The summed E-state index contributed by atoms with van der Waals surface area (Å²) in [7, 11) is 0. The van der Waals surface area contributed by atoms with Gasteiger partial charge in [-0.05, 0) is 41.0 Å². The van der Waals surface area contributed by atoms with Gasteiger partial charge >= 0.3 is 5.97 Å². The second-order valence-electron chi connectivity index (χ2n) is 10.3. The molecule has 13 nitrogen and oxygen atoms in total. The first kappa shape index (κ1) is 28.8. The second kappa shape index (κ2) is 10.7. The van der Waals surface area contributed by atoms with E-state index < -0.39 is 84.4 Å². The molecule has 0 aromatic heterocycles. The van der Waals surface area contributed by atoms with E-state index in [4.69, 9.17) is 24.7 Å². The molecule has 0 spiro atoms. The van der Waals surface area contributed by atoms with Gasteiger partial charge in [0.2, 0.25) is 5.91 Å². The van der Waals surface area contributed by atoms with Crippen LogP contribution in [0.2, 0.25) is 0 Å². The number of aliphatic carboxylic acids is 1. The Morgan fingerprint density at radius 1 is 0.971 bits per heavy atom. The second-order valence-corrected chi connectivity index (χ2v) is 10.3. The molecule has 0 aromatic rings. The Morgan fingerprint density at radius 2 is 1.56 bits per heavy atom. The van der Waals surface area contributed by atoms with E-state index in [-0.39, 0.29) is 0 Å². The number of hydrogen-bond acceptors (Lipinski definition) is 11. The van der Waals surface area contributed by atoms with Gasteiger partial charge < -0.3 is 55.5 Å². The van der Waals surface area contributed by atoms with Crippen molar-refractivity contribution in [3.05, 3.63) is 0 Å². The maximum Gasteiger partial charge on any atom is 0.335 e. The Labute approximate surface area is 198 Å². The molecule has 2 aliphatic rings. The Morgan fingerprint density at radius 3 is 2.06 bits per heavy atom. The van der Waals surface area contributed by atoms with E-state index in [1.165, 1.54) is 13.8 Å². The van der Waals surface area contributed by atoms with Gasteiger partial charge in [0.25, 0.3) is 0 Å². The Balaban J connectivity index is 2.36. The first-order valence-electron chi connectivity index (χ1n) is 11.1. The Bertz CT molecular complexity index is 728. The van der Waals surface area contributed by atoms with Crippen molar-refractivity contribution in [2.75, 3.05) is 0 Å². The van der Waals surface area contributed by atoms with Crippen LogP contribution in [-0.2, 0) is 28.5 Å². The van der Waals surface area contributed by atoms with E-state index in [0.29, 0.717) is 6.42 Å². The number of nitrogens with one attached hydrogen (secondary N) is 1. The van der Waals surface area contributed by atoms with E-state index in [2.05, 4.69) is 5.32 Å². The van der Waals surface area contributed by atoms with Crippen LogP contribution in [0.25, 0.3) is 0 Å². The molecule has 2 saturated heterocycles. The van der Waals surface area contributed by atoms with Crippen molar-refractivity contribution in [2.24, 2.45) is 5.73 Å². The van der Waals surface area contributed by atoms with Crippen molar-refractivity contribution in [1.29, 1.82) is 0 Å². The maximum atomic E-state index is 11.7. The van der Waals surface area contributed by atoms with E-state index in [1.54, 1.807) is 27.7 Å². The van der Waals surface area contributed by atoms with Gasteiger partial charge in [-0.25, -0.2) is 4.79 Å². The quantitative estimate of drug-likeness (QED) is 0.192. The smallest absolute Gasteiger partial charge is 0.335 e. The van der Waals surface area contributed by atoms with Crippen LogP contribution in [0.5, 0.6) is 0 Å². The highest BCUT2D eigenvalue weighted by Gasteiger charge is 2.53. The molecule has 2 aliphatic heterocycles. The predicted molar refractivity (Wildman–Crippen MR) is 115 cm³/mol. The predicted octanol–water partition coefficient (Wildman–Crippen LogP) is -2.20. The molecule has 2 fully saturated rings. The molecule has 1 amide bonds. The summed E-state index contributed by atoms with van der Waals surface area (Å²) >= 11 is 0. The van der Waals surface area contributed by atoms with Gasteiger partial charge in [0.15, 0.2) is 18.7 Å². The molecular formula is C21H38N2O11. The number of carboxylic acids is 1. The summed E-state index contributed by atoms with van der Waals surface area (Å²) in [5.41, 5.74) is 4.44. The zero-order valence-electron chi connectivity index (χ0n) is 20.2. The molecule has 0 saturated carbocycles. The lowest BCUT2D eigenvalue weighted by molar-refractivity contribution is -0.361. The number of hydrogen-bond donors (Lipinski definition) is 7. The standard InChI is InChI=1S/C21H38N2O11/c1-8-11(25)12(26)10(23-9(2)24)18(31-8)33-16-14(28)13(27)15(17(29)30)32-19(16)34-21(5,6)7-20(3,4)22/h8,10-16,18-19,25-28H,7,22H2,1-6H3,(H,23,24)(H,29,30). The summed E-state index contributed by atoms with van der Waals surface area (Å²) in [4.78, 5) is 23.3. The van der Waals surface area contributed by atoms with E-state index in [0.717, 1.165) is 0 Å². The van der Waals surface area contributed by atoms with Crippen LogP contribution in [0.15, 0.2) is 0 Å². The fraction of sp³-hybridized carbons (Fsp3) is 0.905. The topological polar surface area (TPSA) is 210 Å². The molecule has 0 radical (unpaired) electrons. The first-order valence-corrected chi connectivity index (χ1v) is 11.1. The molecule has 8 N–H and O–H groups in total. The fourth-order valence-corrected chi connectivity index (χ4v) is 4.42. The third kappa shape index (κ3) is 7.06. The van der Waals surface area contributed by atoms with Crippen LogP contribution in [0.4, 0.5) is 0 Å². The highest BCUT2D eigenvalue weighted by Crippen LogP contribution is 2.33. The van der Waals surface area contributed by atoms with Crippen molar-refractivity contribution < 1.29 is 54.1 Å². The van der Waals surface area contributed by atoms with Crippen molar-refractivity contribution >= 4 is 11.9 Å². The van der Waals surface area contributed by atoms with Crippen LogP contribution in [0.3, 0.4) is 0 Å². The van der Waals surface area contributed by atoms with Gasteiger partial charge in [-0.3, -0.25) is 4.79 Å². The van der Waals surface area contributed by atoms with Crippen molar-refractivity contribution in [1.82, 2.24) is 5.32 Å². The number of carboxylic acid groups (broad SMARTS) is 1. The molecule has 13 heteroatoms. The minimum absolute atomic E-state index is 0.305. The molecular weight excluding hydrogens is 456 g/mol. The minimum Gasteiger partial charge on any atom is -0.479 e. The molecule has 10 atom stereocenters. The zero-order chi connectivity index (χ0) is 26.2. The summed E-state index contributed by atoms with van der Waals surface area (Å²) < 4.78 is 22.9. The molecule has 34 heavy (non-hydrogen) atoms. The van der Waals surface area contributed by atoms with Crippen molar-refractivity contribution in [3.63, 3.8) is 0 Å². The van der Waals surface area contributed by atoms with Crippen molar-refractivity contribution in [3.8, 4) is 0 Å². The monoisotopic (exact) mass is 494 g/mol. The number of amides is 1. The summed E-state index contributed by atoms with van der Waals surface area (Å²) in [6.45, 7) is 9.58. The highest BCUT2D eigenvalue weighted by atomic mass is 16.8. The van der Waals surface area contributed by atoms with Crippen molar-refractivity contribution in [2.45, 2.75) is 120 Å². The van der Waals surface area contributed by atoms with E-state index >= 15 is 0 Å². The number of carbonyl (C=O) groups is 2. The Kier molecular flexibility index (Phi) is 9.05. The number of ether oxygens (including phenoxy) is 4. The van der Waals surface area contributed by atoms with Gasteiger partial charge in [0.1, 0.15) is 36.6 Å². The van der Waals surface area contributed by atoms with E-state index in [9.17, 15) is 35.1 Å². The van der Waals surface area contributed by atoms with Crippen LogP contribution in [0, 0.1) is 0 Å². The molecule has 2 rings (SSSR count). The van der Waals surface area contributed by atoms with Crippen LogP contribution in [0.1, 0.15) is 48.0 Å².